The lowest BCUT2D eigenvalue weighted by molar-refractivity contribution is -0.122. The molecule has 5 nitrogen and oxygen atoms in total. The summed E-state index contributed by atoms with van der Waals surface area (Å²) in [5.41, 5.74) is 12.8. The summed E-state index contributed by atoms with van der Waals surface area (Å²) in [6, 6.07) is 8.76. The number of benzene rings is 1. The molecule has 6 heteroatoms. The van der Waals surface area contributed by atoms with Gasteiger partial charge in [-0.05, 0) is 35.7 Å². The van der Waals surface area contributed by atoms with Gasteiger partial charge in [0.05, 0.1) is 6.04 Å². The van der Waals surface area contributed by atoms with Crippen LogP contribution in [0.2, 0.25) is 0 Å². The van der Waals surface area contributed by atoms with Gasteiger partial charge in [-0.25, -0.2) is 9.37 Å². The van der Waals surface area contributed by atoms with Crippen LogP contribution < -0.4 is 16.8 Å². The quantitative estimate of drug-likeness (QED) is 0.764. The van der Waals surface area contributed by atoms with Gasteiger partial charge in [0.15, 0.2) is 0 Å². The highest BCUT2D eigenvalue weighted by atomic mass is 19.1. The van der Waals surface area contributed by atoms with Crippen molar-refractivity contribution in [3.05, 3.63) is 59.5 Å². The minimum Gasteiger partial charge on any atom is -0.384 e. The molecule has 110 valence electrons. The van der Waals surface area contributed by atoms with Gasteiger partial charge >= 0.3 is 0 Å². The van der Waals surface area contributed by atoms with E-state index >= 15 is 0 Å². The molecule has 2 aromatic rings. The molecule has 1 aromatic heterocycles. The van der Waals surface area contributed by atoms with Gasteiger partial charge in [0.1, 0.15) is 11.6 Å². The highest BCUT2D eigenvalue weighted by Crippen LogP contribution is 2.06. The zero-order valence-electron chi connectivity index (χ0n) is 11.4. The molecule has 0 saturated heterocycles. The van der Waals surface area contributed by atoms with E-state index in [1.54, 1.807) is 30.5 Å². The molecular weight excluding hydrogens is 271 g/mol. The average molecular weight is 288 g/mol. The third kappa shape index (κ3) is 4.54. The van der Waals surface area contributed by atoms with Crippen LogP contribution in [0.4, 0.5) is 10.2 Å². The summed E-state index contributed by atoms with van der Waals surface area (Å²) < 4.78 is 13.1. The number of rotatable bonds is 5. The molecule has 0 unspecified atom stereocenters. The number of nitrogens with zero attached hydrogens (tertiary/aromatic N) is 1. The largest absolute Gasteiger partial charge is 0.384 e. The fraction of sp³-hybridized carbons (Fsp3) is 0.200. The number of hydrogen-bond acceptors (Lipinski definition) is 4. The van der Waals surface area contributed by atoms with Crippen LogP contribution >= 0.6 is 0 Å². The van der Waals surface area contributed by atoms with Crippen molar-refractivity contribution in [2.45, 2.75) is 19.0 Å². The van der Waals surface area contributed by atoms with Crippen molar-refractivity contribution in [2.24, 2.45) is 5.73 Å². The summed E-state index contributed by atoms with van der Waals surface area (Å²) in [6.07, 6.45) is 1.87. The SMILES string of the molecule is Nc1ccc(CNC(=O)[C@@H](N)Cc2cccc(F)c2)cn1. The Bertz CT molecular complexity index is 615. The number of anilines is 1. The second-order valence-electron chi connectivity index (χ2n) is 4.75. The molecule has 1 heterocycles. The molecule has 0 fully saturated rings. The summed E-state index contributed by atoms with van der Waals surface area (Å²) in [5, 5.41) is 2.71. The third-order valence-electron chi connectivity index (χ3n) is 3.00. The smallest absolute Gasteiger partial charge is 0.237 e. The van der Waals surface area contributed by atoms with Crippen LogP contribution in [0, 0.1) is 5.82 Å². The first-order valence-corrected chi connectivity index (χ1v) is 6.53. The van der Waals surface area contributed by atoms with Crippen molar-refractivity contribution in [3.63, 3.8) is 0 Å². The Hall–Kier alpha value is -2.47. The number of carbonyl (C=O) groups excluding carboxylic acids is 1. The van der Waals surface area contributed by atoms with Crippen molar-refractivity contribution < 1.29 is 9.18 Å². The van der Waals surface area contributed by atoms with Gasteiger partial charge in [0.2, 0.25) is 5.91 Å². The van der Waals surface area contributed by atoms with Gasteiger partial charge in [-0.3, -0.25) is 4.79 Å². The number of nitrogens with two attached hydrogens (primary N) is 2. The number of nitrogen functional groups attached to an aromatic ring is 1. The Morgan fingerprint density at radius 1 is 1.29 bits per heavy atom. The summed E-state index contributed by atoms with van der Waals surface area (Å²) in [4.78, 5) is 15.8. The normalized spacial score (nSPS) is 11.9. The van der Waals surface area contributed by atoms with E-state index in [1.165, 1.54) is 12.1 Å². The third-order valence-corrected chi connectivity index (χ3v) is 3.00. The summed E-state index contributed by atoms with van der Waals surface area (Å²) in [6.45, 7) is 0.322. The van der Waals surface area contributed by atoms with Gasteiger partial charge in [-0.2, -0.15) is 0 Å². The van der Waals surface area contributed by atoms with Crippen molar-refractivity contribution in [2.75, 3.05) is 5.73 Å². The molecule has 2 rings (SSSR count). The summed E-state index contributed by atoms with van der Waals surface area (Å²) in [5.74, 6) is -0.211. The van der Waals surface area contributed by atoms with Gasteiger partial charge in [-0.15, -0.1) is 0 Å². The van der Waals surface area contributed by atoms with Gasteiger partial charge < -0.3 is 16.8 Å². The van der Waals surface area contributed by atoms with Crippen LogP contribution in [0.1, 0.15) is 11.1 Å². The maximum absolute atomic E-state index is 13.1. The minimum atomic E-state index is -0.728. The fourth-order valence-corrected chi connectivity index (χ4v) is 1.87. The van der Waals surface area contributed by atoms with E-state index in [4.69, 9.17) is 11.5 Å². The van der Waals surface area contributed by atoms with E-state index in [0.29, 0.717) is 17.9 Å². The Labute approximate surface area is 122 Å². The second-order valence-corrected chi connectivity index (χ2v) is 4.75. The first-order chi connectivity index (χ1) is 10.0. The van der Waals surface area contributed by atoms with Crippen LogP contribution in [0.15, 0.2) is 42.6 Å². The average Bonchev–Trinajstić information content (AvgIpc) is 2.46. The first-order valence-electron chi connectivity index (χ1n) is 6.53. The molecule has 0 bridgehead atoms. The second kappa shape index (κ2) is 6.81. The zero-order valence-corrected chi connectivity index (χ0v) is 11.4. The van der Waals surface area contributed by atoms with Crippen LogP contribution in [0.5, 0.6) is 0 Å². The van der Waals surface area contributed by atoms with Crippen molar-refractivity contribution in [1.29, 1.82) is 0 Å². The number of aromatic nitrogens is 1. The molecule has 0 aliphatic rings. The maximum atomic E-state index is 13.1. The van der Waals surface area contributed by atoms with Crippen LogP contribution in [0.25, 0.3) is 0 Å². The van der Waals surface area contributed by atoms with E-state index in [-0.39, 0.29) is 18.1 Å². The Kier molecular flexibility index (Phi) is 4.84. The molecule has 5 N–H and O–H groups in total. The highest BCUT2D eigenvalue weighted by Gasteiger charge is 2.14. The van der Waals surface area contributed by atoms with Gasteiger partial charge in [0, 0.05) is 12.7 Å². The maximum Gasteiger partial charge on any atom is 0.237 e. The summed E-state index contributed by atoms with van der Waals surface area (Å²) >= 11 is 0. The van der Waals surface area contributed by atoms with E-state index < -0.39 is 6.04 Å². The number of carbonyl (C=O) groups is 1. The van der Waals surface area contributed by atoms with Crippen molar-refractivity contribution >= 4 is 11.7 Å². The molecule has 0 saturated carbocycles. The van der Waals surface area contributed by atoms with E-state index in [9.17, 15) is 9.18 Å². The lowest BCUT2D eigenvalue weighted by atomic mass is 10.1. The number of nitrogens with one attached hydrogen (secondary N) is 1. The molecular formula is C15H17FN4O. The number of pyridine rings is 1. The van der Waals surface area contributed by atoms with E-state index in [2.05, 4.69) is 10.3 Å². The Morgan fingerprint density at radius 3 is 2.76 bits per heavy atom. The van der Waals surface area contributed by atoms with E-state index in [1.807, 2.05) is 0 Å². The van der Waals surface area contributed by atoms with Crippen molar-refractivity contribution in [1.82, 2.24) is 10.3 Å². The predicted molar refractivity (Wildman–Crippen MR) is 78.6 cm³/mol. The predicted octanol–water partition coefficient (Wildman–Crippen LogP) is 0.989. The molecule has 0 radical (unpaired) electrons. The topological polar surface area (TPSA) is 94.0 Å². The number of hydrogen-bond donors (Lipinski definition) is 3. The van der Waals surface area contributed by atoms with Gasteiger partial charge in [0.25, 0.3) is 0 Å². The molecule has 1 amide bonds. The van der Waals surface area contributed by atoms with Crippen LogP contribution in [0.3, 0.4) is 0 Å². The molecule has 1 aromatic carbocycles. The molecule has 21 heavy (non-hydrogen) atoms. The molecule has 0 aliphatic carbocycles. The highest BCUT2D eigenvalue weighted by molar-refractivity contribution is 5.81. The molecule has 1 atom stereocenters. The number of halogens is 1. The fourth-order valence-electron chi connectivity index (χ4n) is 1.87. The molecule has 0 spiro atoms. The lowest BCUT2D eigenvalue weighted by Gasteiger charge is -2.12. The Balaban J connectivity index is 1.86. The first kappa shape index (κ1) is 14.9. The minimum absolute atomic E-state index is 0.281. The number of amides is 1. The molecule has 0 aliphatic heterocycles. The van der Waals surface area contributed by atoms with Gasteiger partial charge in [-0.1, -0.05) is 18.2 Å². The zero-order chi connectivity index (χ0) is 15.2. The van der Waals surface area contributed by atoms with Crippen molar-refractivity contribution in [3.8, 4) is 0 Å². The summed E-state index contributed by atoms with van der Waals surface area (Å²) in [7, 11) is 0. The van der Waals surface area contributed by atoms with Crippen LogP contribution in [-0.2, 0) is 17.8 Å². The monoisotopic (exact) mass is 288 g/mol. The lowest BCUT2D eigenvalue weighted by Crippen LogP contribution is -2.41. The standard InChI is InChI=1S/C15H17FN4O/c16-12-3-1-2-10(6-12)7-13(17)15(21)20-9-11-4-5-14(18)19-8-11/h1-6,8,13H,7,9,17H2,(H2,18,19)(H,20,21)/t13-/m0/s1. The Morgan fingerprint density at radius 2 is 2.10 bits per heavy atom. The van der Waals surface area contributed by atoms with Crippen LogP contribution in [-0.4, -0.2) is 16.9 Å². The van der Waals surface area contributed by atoms with E-state index in [0.717, 1.165) is 5.56 Å².